The normalized spacial score (nSPS) is 11.0. The van der Waals surface area contributed by atoms with Gasteiger partial charge in [-0.25, -0.2) is 4.39 Å². The summed E-state index contributed by atoms with van der Waals surface area (Å²) in [7, 11) is 0. The van der Waals surface area contributed by atoms with E-state index in [-0.39, 0.29) is 6.42 Å². The van der Waals surface area contributed by atoms with Gasteiger partial charge in [-0.05, 0) is 24.6 Å². The molecule has 0 aliphatic carbocycles. The van der Waals surface area contributed by atoms with Crippen LogP contribution < -0.4 is 0 Å². The smallest absolute Gasteiger partial charge is 0.310 e. The highest BCUT2D eigenvalue weighted by molar-refractivity contribution is 5.75. The lowest BCUT2D eigenvalue weighted by atomic mass is 10.0. The van der Waals surface area contributed by atoms with Crippen LogP contribution in [0.5, 0.6) is 0 Å². The molecule has 0 aliphatic heterocycles. The molecule has 0 aliphatic rings. The fourth-order valence-electron chi connectivity index (χ4n) is 0.919. The van der Waals surface area contributed by atoms with Crippen molar-refractivity contribution in [2.24, 2.45) is 0 Å². The third-order valence-corrected chi connectivity index (χ3v) is 2.02. The first-order chi connectivity index (χ1) is 7.88. The van der Waals surface area contributed by atoms with Crippen LogP contribution in [0.3, 0.4) is 0 Å². The first kappa shape index (κ1) is 15.1. The largest absolute Gasteiger partial charge is 0.481 e. The summed E-state index contributed by atoms with van der Waals surface area (Å²) in [6.45, 7) is 3.12. The summed E-state index contributed by atoms with van der Waals surface area (Å²) >= 11 is 0. The molecule has 4 nitrogen and oxygen atoms in total. The summed E-state index contributed by atoms with van der Waals surface area (Å²) in [6, 6.07) is 5.63. The minimum atomic E-state index is -0.944. The van der Waals surface area contributed by atoms with Gasteiger partial charge in [-0.3, -0.25) is 9.59 Å². The van der Waals surface area contributed by atoms with Crippen molar-refractivity contribution in [1.82, 2.24) is 0 Å². The zero-order valence-electron chi connectivity index (χ0n) is 9.68. The number of carboxylic acid groups (broad SMARTS) is 2. The van der Waals surface area contributed by atoms with Crippen LogP contribution in [-0.4, -0.2) is 22.2 Å². The van der Waals surface area contributed by atoms with Gasteiger partial charge in [-0.2, -0.15) is 0 Å². The zero-order chi connectivity index (χ0) is 13.4. The first-order valence-corrected chi connectivity index (χ1v) is 5.08. The van der Waals surface area contributed by atoms with E-state index >= 15 is 0 Å². The van der Waals surface area contributed by atoms with Gasteiger partial charge in [0.25, 0.3) is 0 Å². The molecule has 0 amide bonds. The van der Waals surface area contributed by atoms with Crippen LogP contribution in [0.1, 0.15) is 31.7 Å². The van der Waals surface area contributed by atoms with Crippen molar-refractivity contribution in [3.8, 4) is 0 Å². The summed E-state index contributed by atoms with van der Waals surface area (Å²) in [5.41, 5.74) is 0.488. The van der Waals surface area contributed by atoms with E-state index in [4.69, 9.17) is 10.2 Å². The Bertz CT molecular complexity index is 390. The average Bonchev–Trinajstić information content (AvgIpc) is 2.28. The molecule has 17 heavy (non-hydrogen) atoms. The average molecular weight is 242 g/mol. The van der Waals surface area contributed by atoms with E-state index in [0.29, 0.717) is 5.56 Å². The highest BCUT2D eigenvalue weighted by Gasteiger charge is 2.13. The quantitative estimate of drug-likeness (QED) is 0.853. The molecule has 1 aromatic rings. The minimum Gasteiger partial charge on any atom is -0.481 e. The Morgan fingerprint density at radius 2 is 1.88 bits per heavy atom. The highest BCUT2D eigenvalue weighted by Crippen LogP contribution is 2.15. The molecule has 1 rings (SSSR count). The number of aliphatic carboxylic acids is 2. The van der Waals surface area contributed by atoms with Crippen molar-refractivity contribution < 1.29 is 24.2 Å². The van der Waals surface area contributed by atoms with E-state index < -0.39 is 23.7 Å². The number of halogens is 1. The highest BCUT2D eigenvalue weighted by atomic mass is 19.1. The van der Waals surface area contributed by atoms with Crippen LogP contribution in [0.4, 0.5) is 4.39 Å². The molecule has 5 heteroatoms. The molecular weight excluding hydrogens is 227 g/mol. The van der Waals surface area contributed by atoms with Crippen LogP contribution in [0, 0.1) is 5.82 Å². The monoisotopic (exact) mass is 242 g/mol. The Morgan fingerprint density at radius 1 is 1.35 bits per heavy atom. The van der Waals surface area contributed by atoms with E-state index in [1.807, 2.05) is 0 Å². The lowest BCUT2D eigenvalue weighted by Crippen LogP contribution is -2.07. The molecule has 0 saturated heterocycles. The first-order valence-electron chi connectivity index (χ1n) is 5.08. The molecule has 0 saturated carbocycles. The number of rotatable bonds is 3. The molecule has 1 aromatic carbocycles. The van der Waals surface area contributed by atoms with Gasteiger partial charge in [-0.15, -0.1) is 0 Å². The van der Waals surface area contributed by atoms with Crippen LogP contribution in [0.25, 0.3) is 0 Å². The summed E-state index contributed by atoms with van der Waals surface area (Å²) < 4.78 is 12.6. The molecule has 0 bridgehead atoms. The third-order valence-electron chi connectivity index (χ3n) is 2.02. The van der Waals surface area contributed by atoms with E-state index in [2.05, 4.69) is 0 Å². The van der Waals surface area contributed by atoms with Gasteiger partial charge in [0.05, 0.1) is 5.92 Å². The topological polar surface area (TPSA) is 74.6 Å². The Morgan fingerprint density at radius 3 is 2.24 bits per heavy atom. The van der Waals surface area contributed by atoms with E-state index in [0.717, 1.165) is 0 Å². The second-order valence-corrected chi connectivity index (χ2v) is 3.36. The van der Waals surface area contributed by atoms with Crippen molar-refractivity contribution >= 4 is 11.9 Å². The molecule has 0 heterocycles. The number of hydrogen-bond acceptors (Lipinski definition) is 2. The second kappa shape index (κ2) is 7.38. The van der Waals surface area contributed by atoms with Crippen LogP contribution in [-0.2, 0) is 9.59 Å². The van der Waals surface area contributed by atoms with Gasteiger partial charge < -0.3 is 10.2 Å². The van der Waals surface area contributed by atoms with Gasteiger partial charge in [0.2, 0.25) is 0 Å². The van der Waals surface area contributed by atoms with Crippen molar-refractivity contribution in [3.63, 3.8) is 0 Å². The summed E-state index contributed by atoms with van der Waals surface area (Å²) in [5, 5.41) is 16.3. The van der Waals surface area contributed by atoms with Gasteiger partial charge in [-0.1, -0.05) is 19.1 Å². The van der Waals surface area contributed by atoms with Crippen LogP contribution in [0.2, 0.25) is 0 Å². The Labute approximate surface area is 98.7 Å². The van der Waals surface area contributed by atoms with Crippen LogP contribution in [0.15, 0.2) is 24.3 Å². The molecular formula is C12H15FO4. The number of carbonyl (C=O) groups is 2. The fourth-order valence-corrected chi connectivity index (χ4v) is 0.919. The van der Waals surface area contributed by atoms with Crippen molar-refractivity contribution in [2.45, 2.75) is 26.2 Å². The van der Waals surface area contributed by atoms with Gasteiger partial charge >= 0.3 is 11.9 Å². The van der Waals surface area contributed by atoms with Gasteiger partial charge in [0, 0.05) is 6.42 Å². The Hall–Kier alpha value is -1.91. The standard InChI is InChI=1S/C9H9FO2.C3H6O2/c1-6(9(11)12)7-3-2-4-8(10)5-7;1-2-3(4)5/h2-6H,1H3,(H,11,12);2H2,1H3,(H,4,5). The van der Waals surface area contributed by atoms with Crippen LogP contribution >= 0.6 is 0 Å². The summed E-state index contributed by atoms with van der Waals surface area (Å²) in [4.78, 5) is 19.9. The van der Waals surface area contributed by atoms with E-state index in [9.17, 15) is 14.0 Å². The van der Waals surface area contributed by atoms with Gasteiger partial charge in [0.15, 0.2) is 0 Å². The Balaban J connectivity index is 0.000000437. The van der Waals surface area contributed by atoms with E-state index in [1.165, 1.54) is 25.1 Å². The number of hydrogen-bond donors (Lipinski definition) is 2. The SMILES string of the molecule is CC(C(=O)O)c1cccc(F)c1.CCC(=O)O. The third kappa shape index (κ3) is 6.29. The molecule has 1 atom stereocenters. The molecule has 0 aromatic heterocycles. The molecule has 0 fully saturated rings. The molecule has 94 valence electrons. The molecule has 2 N–H and O–H groups in total. The minimum absolute atomic E-state index is 0.222. The van der Waals surface area contributed by atoms with Crippen molar-refractivity contribution in [2.75, 3.05) is 0 Å². The lowest BCUT2D eigenvalue weighted by molar-refractivity contribution is -0.138. The Kier molecular flexibility index (Phi) is 6.55. The van der Waals surface area contributed by atoms with Gasteiger partial charge in [0.1, 0.15) is 5.82 Å². The van der Waals surface area contributed by atoms with E-state index in [1.54, 1.807) is 13.0 Å². The summed E-state index contributed by atoms with van der Waals surface area (Å²) in [6.07, 6.45) is 0.222. The predicted molar refractivity (Wildman–Crippen MR) is 60.4 cm³/mol. The molecule has 0 spiro atoms. The second-order valence-electron chi connectivity index (χ2n) is 3.36. The maximum Gasteiger partial charge on any atom is 0.310 e. The molecule has 1 unspecified atom stereocenters. The summed E-state index contributed by atoms with van der Waals surface area (Å²) in [5.74, 6) is -2.74. The molecule has 0 radical (unpaired) electrons. The maximum absolute atomic E-state index is 12.6. The lowest BCUT2D eigenvalue weighted by Gasteiger charge is -2.05. The van der Waals surface area contributed by atoms with Crippen molar-refractivity contribution in [1.29, 1.82) is 0 Å². The number of carboxylic acids is 2. The maximum atomic E-state index is 12.6. The predicted octanol–water partition coefficient (Wildman–Crippen LogP) is 2.49. The van der Waals surface area contributed by atoms with Crippen molar-refractivity contribution in [3.05, 3.63) is 35.6 Å². The number of benzene rings is 1. The zero-order valence-corrected chi connectivity index (χ0v) is 9.68. The fraction of sp³-hybridized carbons (Fsp3) is 0.333.